The zero-order valence-corrected chi connectivity index (χ0v) is 15.0. The highest BCUT2D eigenvalue weighted by Gasteiger charge is 2.48. The van der Waals surface area contributed by atoms with Crippen molar-refractivity contribution in [2.75, 3.05) is 6.26 Å². The average molecular weight is 317 g/mol. The van der Waals surface area contributed by atoms with Crippen LogP contribution in [0.1, 0.15) is 53.4 Å². The Kier molecular flexibility index (Phi) is 5.52. The molecule has 0 radical (unpaired) electrons. The van der Waals surface area contributed by atoms with Gasteiger partial charge in [0, 0.05) is 4.75 Å². The van der Waals surface area contributed by atoms with Crippen molar-refractivity contribution in [3.05, 3.63) is 0 Å². The highest BCUT2D eigenvalue weighted by atomic mass is 32.2. The molecule has 2 aliphatic rings. The molecule has 0 unspecified atom stereocenters. The first kappa shape index (κ1) is 16.7. The molecule has 0 aromatic rings. The molecule has 2 rings (SSSR count). The van der Waals surface area contributed by atoms with Gasteiger partial charge in [0.2, 0.25) is 0 Å². The first-order chi connectivity index (χ1) is 9.39. The van der Waals surface area contributed by atoms with Crippen LogP contribution in [0.3, 0.4) is 0 Å². The lowest BCUT2D eigenvalue weighted by Crippen LogP contribution is -2.51. The van der Waals surface area contributed by atoms with Crippen molar-refractivity contribution >= 4 is 29.3 Å². The largest absolute Gasteiger partial charge is 0.356 e. The van der Waals surface area contributed by atoms with E-state index < -0.39 is 0 Å². The van der Waals surface area contributed by atoms with Gasteiger partial charge in [0.05, 0.1) is 11.4 Å². The van der Waals surface area contributed by atoms with Crippen LogP contribution in [0.5, 0.6) is 0 Å². The number of hydrogen-bond donors (Lipinski definition) is 0. The molecular weight excluding hydrogens is 288 g/mol. The predicted molar refractivity (Wildman–Crippen MR) is 89.4 cm³/mol. The average Bonchev–Trinajstić information content (AvgIpc) is 2.38. The molecule has 2 nitrogen and oxygen atoms in total. The third kappa shape index (κ3) is 3.38. The zero-order valence-electron chi connectivity index (χ0n) is 13.3. The Balaban J connectivity index is 2.12. The molecule has 1 heterocycles. The number of thioether (sulfide) groups is 2. The second-order valence-corrected chi connectivity index (χ2v) is 9.54. The quantitative estimate of drug-likeness (QED) is 0.769. The second-order valence-electron chi connectivity index (χ2n) is 6.79. The van der Waals surface area contributed by atoms with Crippen LogP contribution in [0.25, 0.3) is 0 Å². The van der Waals surface area contributed by atoms with Gasteiger partial charge in [0.1, 0.15) is 0 Å². The molecule has 5 atom stereocenters. The summed E-state index contributed by atoms with van der Waals surface area (Å²) >= 11 is 3.42. The van der Waals surface area contributed by atoms with Crippen LogP contribution in [0.4, 0.5) is 0 Å². The van der Waals surface area contributed by atoms with Gasteiger partial charge in [-0.3, -0.25) is 4.79 Å². The van der Waals surface area contributed by atoms with E-state index in [4.69, 9.17) is 4.74 Å². The maximum absolute atomic E-state index is 12.6. The number of carbonyl (C=O) groups is 1. The van der Waals surface area contributed by atoms with Crippen molar-refractivity contribution in [1.29, 1.82) is 0 Å². The highest BCUT2D eigenvalue weighted by Crippen LogP contribution is 2.50. The van der Waals surface area contributed by atoms with Crippen molar-refractivity contribution in [2.24, 2.45) is 11.8 Å². The smallest absolute Gasteiger partial charge is 0.184 e. The summed E-state index contributed by atoms with van der Waals surface area (Å²) in [5.74, 6) is 1.62. The number of rotatable bonds is 4. The third-order valence-electron chi connectivity index (χ3n) is 4.86. The normalized spacial score (nSPS) is 38.0. The summed E-state index contributed by atoms with van der Waals surface area (Å²) in [5.41, 5.74) is -0.256. The van der Waals surface area contributed by atoms with E-state index in [0.717, 1.165) is 18.8 Å². The molecule has 1 saturated heterocycles. The molecule has 0 bridgehead atoms. The number of carbonyl (C=O) groups excluding carboxylic acids is 1. The molecule has 0 aromatic carbocycles. The molecule has 4 heteroatoms. The van der Waals surface area contributed by atoms with Gasteiger partial charge in [-0.1, -0.05) is 34.1 Å². The molecule has 0 N–H and O–H groups in total. The van der Waals surface area contributed by atoms with Crippen molar-refractivity contribution in [1.82, 2.24) is 0 Å². The van der Waals surface area contributed by atoms with Gasteiger partial charge < -0.3 is 4.74 Å². The van der Waals surface area contributed by atoms with Gasteiger partial charge in [-0.15, -0.1) is 11.8 Å². The maximum atomic E-state index is 12.6. The van der Waals surface area contributed by atoms with Gasteiger partial charge in [-0.25, -0.2) is 0 Å². The highest BCUT2D eigenvalue weighted by molar-refractivity contribution is 8.02. The van der Waals surface area contributed by atoms with Gasteiger partial charge in [0.15, 0.2) is 11.2 Å². The number of ketones is 1. The number of fused-ring (bicyclic) bond motifs is 1. The number of Topliss-reactive ketones (excluding diaryl/α,β-unsaturated/α-hetero) is 1. The van der Waals surface area contributed by atoms with Gasteiger partial charge in [-0.05, 0) is 37.4 Å². The molecular formula is C16H28O2S2. The third-order valence-corrected chi connectivity index (χ3v) is 7.46. The van der Waals surface area contributed by atoms with Crippen molar-refractivity contribution < 1.29 is 9.53 Å². The molecule has 0 amide bonds. The molecule has 1 aliphatic heterocycles. The van der Waals surface area contributed by atoms with Crippen LogP contribution < -0.4 is 0 Å². The van der Waals surface area contributed by atoms with Crippen molar-refractivity contribution in [3.8, 4) is 0 Å². The summed E-state index contributed by atoms with van der Waals surface area (Å²) in [6, 6.07) is 0. The van der Waals surface area contributed by atoms with Gasteiger partial charge >= 0.3 is 0 Å². The Morgan fingerprint density at radius 1 is 1.45 bits per heavy atom. The SMILES string of the molecule is CC[C@@H](SC)C(=O)[C@@H]1O[C@@H]2C[C@H](C)CC[C@H]2C(C)(C)S1. The molecule has 1 aliphatic carbocycles. The summed E-state index contributed by atoms with van der Waals surface area (Å²) in [6.45, 7) is 8.99. The van der Waals surface area contributed by atoms with E-state index in [9.17, 15) is 4.79 Å². The van der Waals surface area contributed by atoms with Crippen LogP contribution in [-0.4, -0.2) is 33.6 Å². The minimum atomic E-state index is -0.256. The topological polar surface area (TPSA) is 26.3 Å². The lowest BCUT2D eigenvalue weighted by molar-refractivity contribution is -0.133. The van der Waals surface area contributed by atoms with Gasteiger partial charge in [0.25, 0.3) is 0 Å². The van der Waals surface area contributed by atoms with Crippen LogP contribution >= 0.6 is 23.5 Å². The maximum Gasteiger partial charge on any atom is 0.184 e. The molecule has 20 heavy (non-hydrogen) atoms. The Labute approximate surface area is 132 Å². The molecule has 2 fully saturated rings. The Morgan fingerprint density at radius 2 is 2.15 bits per heavy atom. The van der Waals surface area contributed by atoms with Crippen molar-refractivity contribution in [2.45, 2.75) is 74.9 Å². The van der Waals surface area contributed by atoms with Crippen LogP contribution in [0.15, 0.2) is 0 Å². The molecule has 0 spiro atoms. The zero-order chi connectivity index (χ0) is 14.9. The summed E-state index contributed by atoms with van der Waals surface area (Å²) in [6.07, 6.45) is 6.86. The molecule has 116 valence electrons. The van der Waals surface area contributed by atoms with Crippen molar-refractivity contribution in [3.63, 3.8) is 0 Å². The summed E-state index contributed by atoms with van der Waals surface area (Å²) < 4.78 is 6.40. The fourth-order valence-corrected chi connectivity index (χ4v) is 5.84. The fraction of sp³-hybridized carbons (Fsp3) is 0.938. The Bertz CT molecular complexity index is 352. The number of ether oxygens (including phenoxy) is 1. The van der Waals surface area contributed by atoms with E-state index in [1.807, 2.05) is 6.26 Å². The summed E-state index contributed by atoms with van der Waals surface area (Å²) in [5, 5.41) is 0.0841. The van der Waals surface area contributed by atoms with Crippen LogP contribution in [0, 0.1) is 11.8 Å². The summed E-state index contributed by atoms with van der Waals surface area (Å²) in [4.78, 5) is 12.6. The Hall–Kier alpha value is 0.330. The first-order valence-electron chi connectivity index (χ1n) is 7.78. The van der Waals surface area contributed by atoms with Crippen LogP contribution in [0.2, 0.25) is 0 Å². The predicted octanol–water partition coefficient (Wildman–Crippen LogP) is 4.37. The monoisotopic (exact) mass is 316 g/mol. The lowest BCUT2D eigenvalue weighted by atomic mass is 9.75. The van der Waals surface area contributed by atoms with Gasteiger partial charge in [-0.2, -0.15) is 11.8 Å². The van der Waals surface area contributed by atoms with E-state index in [-0.39, 0.29) is 27.3 Å². The lowest BCUT2D eigenvalue weighted by Gasteiger charge is -2.50. The standard InChI is InChI=1S/C16H28O2S2/c1-6-13(19-5)14(17)15-18-12-9-10(2)7-8-11(12)16(3,4)20-15/h10-13,15H,6-9H2,1-5H3/t10-,11-,12-,13-,15-/m1/s1. The van der Waals surface area contributed by atoms with E-state index in [1.54, 1.807) is 23.5 Å². The summed E-state index contributed by atoms with van der Waals surface area (Å²) in [7, 11) is 0. The van der Waals surface area contributed by atoms with E-state index in [1.165, 1.54) is 12.8 Å². The number of hydrogen-bond acceptors (Lipinski definition) is 4. The van der Waals surface area contributed by atoms with E-state index in [2.05, 4.69) is 27.7 Å². The molecule has 1 saturated carbocycles. The van der Waals surface area contributed by atoms with E-state index >= 15 is 0 Å². The minimum Gasteiger partial charge on any atom is -0.356 e. The molecule has 0 aromatic heterocycles. The van der Waals surface area contributed by atoms with E-state index in [0.29, 0.717) is 5.92 Å². The minimum absolute atomic E-state index is 0.0841. The van der Waals surface area contributed by atoms with Crippen LogP contribution in [-0.2, 0) is 9.53 Å². The Morgan fingerprint density at radius 3 is 2.75 bits per heavy atom. The second kappa shape index (κ2) is 6.62. The fourth-order valence-electron chi connectivity index (χ4n) is 3.59. The first-order valence-corrected chi connectivity index (χ1v) is 9.95.